The molecule has 0 aliphatic carbocycles. The molecule has 7 nitrogen and oxygen atoms in total. The number of nitrogens with one attached hydrogen (secondary N) is 2. The number of hydrogen-bond acceptors (Lipinski definition) is 6. The summed E-state index contributed by atoms with van der Waals surface area (Å²) in [6.45, 7) is 1.64. The lowest BCUT2D eigenvalue weighted by Gasteiger charge is -2.16. The largest absolute Gasteiger partial charge is 0.287 e. The van der Waals surface area contributed by atoms with Crippen LogP contribution in [0.3, 0.4) is 0 Å². The molecule has 138 valence electrons. The molecule has 10 heteroatoms. The molecule has 3 rings (SSSR count). The molecule has 0 radical (unpaired) electrons. The van der Waals surface area contributed by atoms with Crippen LogP contribution in [0.4, 0.5) is 14.5 Å². The number of carbonyl (C=O) groups excluding carboxylic acids is 1. The molecular formula is C16H16F2N4O3S. The summed E-state index contributed by atoms with van der Waals surface area (Å²) in [5.41, 5.74) is 1.43. The van der Waals surface area contributed by atoms with Crippen LogP contribution in [-0.2, 0) is 10.0 Å². The normalized spacial score (nSPS) is 21.1. The minimum atomic E-state index is -3.85. The number of anilines is 1. The third-order valence-electron chi connectivity index (χ3n) is 3.88. The molecule has 2 aliphatic heterocycles. The molecule has 0 spiro atoms. The third-order valence-corrected chi connectivity index (χ3v) is 5.35. The third kappa shape index (κ3) is 3.50. The number of benzene rings is 1. The fourth-order valence-corrected chi connectivity index (χ4v) is 3.85. The number of carbonyl (C=O) groups is 1. The summed E-state index contributed by atoms with van der Waals surface area (Å²) >= 11 is 0. The van der Waals surface area contributed by atoms with Crippen LogP contribution in [0.25, 0.3) is 0 Å². The Morgan fingerprint density at radius 2 is 2.12 bits per heavy atom. The average molecular weight is 382 g/mol. The number of aliphatic imine (C=N–C) groups is 1. The fraction of sp³-hybridized carbons (Fsp3) is 0.312. The molecule has 0 amide bonds. The van der Waals surface area contributed by atoms with Crippen molar-refractivity contribution >= 4 is 33.4 Å². The van der Waals surface area contributed by atoms with Gasteiger partial charge in [-0.1, -0.05) is 13.0 Å². The van der Waals surface area contributed by atoms with Gasteiger partial charge in [0.1, 0.15) is 17.7 Å². The summed E-state index contributed by atoms with van der Waals surface area (Å²) in [7, 11) is -3.85. The number of fused-ring (bicyclic) bond motifs is 1. The highest BCUT2D eigenvalue weighted by Crippen LogP contribution is 2.26. The van der Waals surface area contributed by atoms with Crippen molar-refractivity contribution in [3.63, 3.8) is 0 Å². The summed E-state index contributed by atoms with van der Waals surface area (Å²) in [4.78, 5) is 16.8. The second kappa shape index (κ2) is 6.94. The lowest BCUT2D eigenvalue weighted by Crippen LogP contribution is -2.31. The molecular weight excluding hydrogens is 366 g/mol. The molecule has 2 N–H and O–H groups in total. The maximum absolute atomic E-state index is 14.7. The van der Waals surface area contributed by atoms with Gasteiger partial charge < -0.3 is 0 Å². The first kappa shape index (κ1) is 18.2. The zero-order valence-corrected chi connectivity index (χ0v) is 14.6. The Balaban J connectivity index is 1.94. The van der Waals surface area contributed by atoms with Crippen LogP contribution in [0.1, 0.15) is 23.7 Å². The SMILES string of the molecule is CCCS(=O)(=O)Nc1cc(F)cc(C(=O)C2=NNC3N=CC=CC23)c1F. The van der Waals surface area contributed by atoms with E-state index in [9.17, 15) is 22.0 Å². The van der Waals surface area contributed by atoms with Crippen molar-refractivity contribution in [3.8, 4) is 0 Å². The van der Waals surface area contributed by atoms with Gasteiger partial charge >= 0.3 is 0 Å². The van der Waals surface area contributed by atoms with Gasteiger partial charge in [-0.15, -0.1) is 0 Å². The number of hydrogen-bond donors (Lipinski definition) is 2. The number of Topliss-reactive ketones (excluding diaryl/α,β-unsaturated/α-hetero) is 1. The summed E-state index contributed by atoms with van der Waals surface area (Å²) in [6, 6.07) is 1.42. The molecule has 26 heavy (non-hydrogen) atoms. The molecule has 0 saturated heterocycles. The lowest BCUT2D eigenvalue weighted by atomic mass is 9.92. The number of rotatable bonds is 6. The molecule has 0 bridgehead atoms. The number of halogens is 2. The maximum Gasteiger partial charge on any atom is 0.232 e. The van der Waals surface area contributed by atoms with Crippen molar-refractivity contribution in [3.05, 3.63) is 41.5 Å². The molecule has 2 heterocycles. The first-order valence-electron chi connectivity index (χ1n) is 7.89. The van der Waals surface area contributed by atoms with E-state index in [4.69, 9.17) is 0 Å². The maximum atomic E-state index is 14.7. The summed E-state index contributed by atoms with van der Waals surface area (Å²) in [5.74, 6) is -3.68. The van der Waals surface area contributed by atoms with Gasteiger partial charge in [-0.05, 0) is 18.6 Å². The molecule has 0 fully saturated rings. The number of ketones is 1. The van der Waals surface area contributed by atoms with Gasteiger partial charge in [0.2, 0.25) is 15.8 Å². The monoisotopic (exact) mass is 382 g/mol. The Bertz CT molecular complexity index is 941. The highest BCUT2D eigenvalue weighted by molar-refractivity contribution is 7.92. The Morgan fingerprint density at radius 3 is 2.85 bits per heavy atom. The molecule has 2 aliphatic rings. The standard InChI is InChI=1S/C16H16F2N4O3S/c1-2-6-26(24,25)22-12-8-9(17)7-11(13(12)18)15(23)14-10-4-3-5-19-16(10)21-20-14/h3-5,7-8,10,16,21-22H,2,6H2,1H3. The number of nitrogens with zero attached hydrogens (tertiary/aromatic N) is 2. The molecule has 2 atom stereocenters. The van der Waals surface area contributed by atoms with Crippen molar-refractivity contribution in [2.24, 2.45) is 16.0 Å². The Kier molecular flexibility index (Phi) is 4.86. The number of dihydropyridines is 1. The van der Waals surface area contributed by atoms with Gasteiger partial charge in [0, 0.05) is 12.3 Å². The minimum absolute atomic E-state index is 0.0186. The second-order valence-electron chi connectivity index (χ2n) is 5.84. The van der Waals surface area contributed by atoms with Crippen molar-refractivity contribution < 1.29 is 22.0 Å². The van der Waals surface area contributed by atoms with Crippen LogP contribution in [0.5, 0.6) is 0 Å². The average Bonchev–Trinajstić information content (AvgIpc) is 3.01. The number of allylic oxidation sites excluding steroid dienone is 1. The Hall–Kier alpha value is -2.62. The molecule has 1 aromatic rings. The van der Waals surface area contributed by atoms with Gasteiger partial charge in [-0.25, -0.2) is 17.2 Å². The Labute approximate surface area is 148 Å². The molecule has 0 saturated carbocycles. The van der Waals surface area contributed by atoms with Gasteiger partial charge in [0.05, 0.1) is 22.9 Å². The summed E-state index contributed by atoms with van der Waals surface area (Å²) in [5, 5.41) is 3.89. The molecule has 2 unspecified atom stereocenters. The van der Waals surface area contributed by atoms with E-state index in [1.807, 2.05) is 4.72 Å². The quantitative estimate of drug-likeness (QED) is 0.733. The highest BCUT2D eigenvalue weighted by Gasteiger charge is 2.36. The van der Waals surface area contributed by atoms with E-state index < -0.39 is 50.8 Å². The van der Waals surface area contributed by atoms with E-state index in [0.717, 1.165) is 6.07 Å². The highest BCUT2D eigenvalue weighted by atomic mass is 32.2. The van der Waals surface area contributed by atoms with E-state index in [1.165, 1.54) is 0 Å². The predicted octanol–water partition coefficient (Wildman–Crippen LogP) is 1.84. The van der Waals surface area contributed by atoms with Crippen molar-refractivity contribution in [1.29, 1.82) is 0 Å². The van der Waals surface area contributed by atoms with Crippen LogP contribution < -0.4 is 10.1 Å². The van der Waals surface area contributed by atoms with E-state index in [-0.39, 0.29) is 11.5 Å². The van der Waals surface area contributed by atoms with Crippen LogP contribution >= 0.6 is 0 Å². The molecule has 0 aromatic heterocycles. The van der Waals surface area contributed by atoms with Gasteiger partial charge in [-0.2, -0.15) is 5.10 Å². The van der Waals surface area contributed by atoms with Crippen molar-refractivity contribution in [1.82, 2.24) is 5.43 Å². The number of hydrazone groups is 1. The van der Waals surface area contributed by atoms with Crippen LogP contribution in [0.2, 0.25) is 0 Å². The van der Waals surface area contributed by atoms with Crippen LogP contribution in [-0.4, -0.2) is 38.0 Å². The van der Waals surface area contributed by atoms with Gasteiger partial charge in [0.15, 0.2) is 5.82 Å². The smallest absolute Gasteiger partial charge is 0.232 e. The first-order valence-corrected chi connectivity index (χ1v) is 9.55. The summed E-state index contributed by atoms with van der Waals surface area (Å²) < 4.78 is 54.3. The number of sulfonamides is 1. The van der Waals surface area contributed by atoms with E-state index in [2.05, 4.69) is 15.5 Å². The van der Waals surface area contributed by atoms with Gasteiger partial charge in [0.25, 0.3) is 0 Å². The predicted molar refractivity (Wildman–Crippen MR) is 93.9 cm³/mol. The second-order valence-corrected chi connectivity index (χ2v) is 7.69. The van der Waals surface area contributed by atoms with E-state index >= 15 is 0 Å². The zero-order valence-electron chi connectivity index (χ0n) is 13.7. The lowest BCUT2D eigenvalue weighted by molar-refractivity contribution is 0.105. The van der Waals surface area contributed by atoms with E-state index in [0.29, 0.717) is 12.5 Å². The summed E-state index contributed by atoms with van der Waals surface area (Å²) in [6.07, 6.45) is 4.68. The Morgan fingerprint density at radius 1 is 1.35 bits per heavy atom. The van der Waals surface area contributed by atoms with Gasteiger partial charge in [-0.3, -0.25) is 19.9 Å². The molecule has 1 aromatic carbocycles. The van der Waals surface area contributed by atoms with Crippen LogP contribution in [0, 0.1) is 17.6 Å². The van der Waals surface area contributed by atoms with Crippen molar-refractivity contribution in [2.45, 2.75) is 19.5 Å². The van der Waals surface area contributed by atoms with Crippen molar-refractivity contribution in [2.75, 3.05) is 10.5 Å². The minimum Gasteiger partial charge on any atom is -0.287 e. The first-order chi connectivity index (χ1) is 12.3. The fourth-order valence-electron chi connectivity index (χ4n) is 2.73. The topological polar surface area (TPSA) is 100.0 Å². The van der Waals surface area contributed by atoms with Crippen LogP contribution in [0.15, 0.2) is 34.4 Å². The zero-order chi connectivity index (χ0) is 18.9. The van der Waals surface area contributed by atoms with E-state index in [1.54, 1.807) is 25.3 Å².